The Labute approximate surface area is 241 Å². The van der Waals surface area contributed by atoms with Crippen LogP contribution in [0.25, 0.3) is 0 Å². The molecule has 2 aromatic rings. The molecule has 0 saturated carbocycles. The van der Waals surface area contributed by atoms with E-state index >= 15 is 0 Å². The van der Waals surface area contributed by atoms with Gasteiger partial charge in [0.15, 0.2) is 5.52 Å². The Balaban J connectivity index is 0.00000648. The van der Waals surface area contributed by atoms with Crippen LogP contribution in [-0.4, -0.2) is 44.2 Å². The van der Waals surface area contributed by atoms with Crippen LogP contribution in [0.3, 0.4) is 0 Å². The molecule has 2 aromatic carbocycles. The molecule has 8 heteroatoms. The maximum atomic E-state index is 13.4. The standard InChI is InChI=1S/C28H39Cl2O4P.Li.H/c1-18(2)10-13-32-21-16-24(33-14-11-19(3)4)27(25(17-21)34-15-12-20(5)6)35-28(31)26-22(29)8-7-9-23(26)30;;/h7-9,16-20,35H,10-15H2,1-6H3;;. The monoisotopic (exact) mass is 548 g/mol. The van der Waals surface area contributed by atoms with E-state index in [-0.39, 0.29) is 33.0 Å². The summed E-state index contributed by atoms with van der Waals surface area (Å²) in [5.74, 6) is 3.44. The van der Waals surface area contributed by atoms with Gasteiger partial charge in [0.2, 0.25) is 0 Å². The van der Waals surface area contributed by atoms with E-state index in [1.54, 1.807) is 18.2 Å². The molecule has 2 rings (SSSR count). The molecule has 0 aliphatic carbocycles. The van der Waals surface area contributed by atoms with Crippen LogP contribution in [0.5, 0.6) is 17.2 Å². The SMILES string of the molecule is CC(C)CCOc1cc(OCCC(C)C)c(PC(=O)c2c(Cl)cccc2Cl)c(OCCC(C)C)c1.[LiH]. The van der Waals surface area contributed by atoms with Gasteiger partial charge in [-0.2, -0.15) is 0 Å². The van der Waals surface area contributed by atoms with Gasteiger partial charge in [0.1, 0.15) is 17.2 Å². The first-order valence-corrected chi connectivity index (χ1v) is 14.2. The van der Waals surface area contributed by atoms with Gasteiger partial charge in [-0.15, -0.1) is 0 Å². The summed E-state index contributed by atoms with van der Waals surface area (Å²) < 4.78 is 18.5. The fourth-order valence-electron chi connectivity index (χ4n) is 3.11. The van der Waals surface area contributed by atoms with E-state index in [9.17, 15) is 4.79 Å². The molecule has 0 heterocycles. The summed E-state index contributed by atoms with van der Waals surface area (Å²) in [6.45, 7) is 14.6. The van der Waals surface area contributed by atoms with Crippen LogP contribution in [0.15, 0.2) is 30.3 Å². The average molecular weight is 549 g/mol. The number of hydrogen-bond acceptors (Lipinski definition) is 4. The molecule has 0 bridgehead atoms. The van der Waals surface area contributed by atoms with Gasteiger partial charge >= 0.3 is 18.9 Å². The molecule has 196 valence electrons. The minimum absolute atomic E-state index is 0. The third kappa shape index (κ3) is 11.2. The van der Waals surface area contributed by atoms with Crippen LogP contribution in [0.4, 0.5) is 0 Å². The Bertz CT molecular complexity index is 911. The molecular formula is C28H40Cl2LiO4P. The van der Waals surface area contributed by atoms with E-state index in [0.29, 0.717) is 70.4 Å². The quantitative estimate of drug-likeness (QED) is 0.168. The van der Waals surface area contributed by atoms with Gasteiger partial charge in [0.05, 0.1) is 40.7 Å². The zero-order valence-electron chi connectivity index (χ0n) is 21.8. The van der Waals surface area contributed by atoms with Gasteiger partial charge in [-0.1, -0.05) is 70.8 Å². The van der Waals surface area contributed by atoms with Crippen molar-refractivity contribution in [1.29, 1.82) is 0 Å². The van der Waals surface area contributed by atoms with Crippen molar-refractivity contribution in [2.75, 3.05) is 19.8 Å². The molecule has 0 aromatic heterocycles. The zero-order chi connectivity index (χ0) is 26.0. The summed E-state index contributed by atoms with van der Waals surface area (Å²) in [6.07, 6.45) is 2.74. The van der Waals surface area contributed by atoms with Gasteiger partial charge < -0.3 is 14.2 Å². The second kappa shape index (κ2) is 16.9. The zero-order valence-corrected chi connectivity index (χ0v) is 24.3. The van der Waals surface area contributed by atoms with Crippen molar-refractivity contribution < 1.29 is 19.0 Å². The van der Waals surface area contributed by atoms with Crippen molar-refractivity contribution >= 4 is 61.5 Å². The normalized spacial score (nSPS) is 11.4. The number of hydrogen-bond donors (Lipinski definition) is 0. The molecule has 1 unspecified atom stereocenters. The fraction of sp³-hybridized carbons (Fsp3) is 0.536. The van der Waals surface area contributed by atoms with Crippen molar-refractivity contribution in [3.05, 3.63) is 45.9 Å². The predicted octanol–water partition coefficient (Wildman–Crippen LogP) is 7.76. The third-order valence-corrected chi connectivity index (χ3v) is 7.19. The molecule has 0 spiro atoms. The minimum atomic E-state index is -0.261. The topological polar surface area (TPSA) is 44.8 Å². The number of rotatable bonds is 15. The van der Waals surface area contributed by atoms with Crippen molar-refractivity contribution in [2.24, 2.45) is 17.8 Å². The average Bonchev–Trinajstić information content (AvgIpc) is 2.75. The Morgan fingerprint density at radius 2 is 1.19 bits per heavy atom. The van der Waals surface area contributed by atoms with E-state index in [4.69, 9.17) is 37.4 Å². The predicted molar refractivity (Wildman–Crippen MR) is 157 cm³/mol. The van der Waals surface area contributed by atoms with Crippen molar-refractivity contribution in [2.45, 2.75) is 60.8 Å². The van der Waals surface area contributed by atoms with Crippen LogP contribution in [0.2, 0.25) is 10.0 Å². The molecule has 0 fully saturated rings. The first-order valence-electron chi connectivity index (χ1n) is 12.4. The van der Waals surface area contributed by atoms with Crippen LogP contribution < -0.4 is 19.5 Å². The summed E-state index contributed by atoms with van der Waals surface area (Å²) in [4.78, 5) is 13.4. The Morgan fingerprint density at radius 3 is 1.61 bits per heavy atom. The number of carbonyl (C=O) groups excluding carboxylic acids is 1. The van der Waals surface area contributed by atoms with Crippen LogP contribution >= 0.6 is 31.8 Å². The first-order chi connectivity index (χ1) is 16.6. The summed E-state index contributed by atoms with van der Waals surface area (Å²) in [5, 5.41) is 1.40. The van der Waals surface area contributed by atoms with Crippen molar-refractivity contribution in [3.8, 4) is 17.2 Å². The molecule has 0 amide bonds. The van der Waals surface area contributed by atoms with Gasteiger partial charge in [-0.25, -0.2) is 0 Å². The fourth-order valence-corrected chi connectivity index (χ4v) is 5.00. The van der Waals surface area contributed by atoms with Crippen LogP contribution in [-0.2, 0) is 0 Å². The Morgan fingerprint density at radius 1 is 0.778 bits per heavy atom. The molecule has 0 radical (unpaired) electrons. The summed E-state index contributed by atoms with van der Waals surface area (Å²) >= 11 is 12.7. The maximum absolute atomic E-state index is 13.4. The van der Waals surface area contributed by atoms with E-state index in [0.717, 1.165) is 24.6 Å². The molecule has 0 N–H and O–H groups in total. The number of benzene rings is 2. The number of ether oxygens (including phenoxy) is 3. The van der Waals surface area contributed by atoms with E-state index in [2.05, 4.69) is 41.5 Å². The van der Waals surface area contributed by atoms with Crippen LogP contribution in [0.1, 0.15) is 71.2 Å². The summed E-state index contributed by atoms with van der Waals surface area (Å²) in [7, 11) is -0.261. The van der Waals surface area contributed by atoms with Gasteiger partial charge in [0, 0.05) is 12.1 Å². The molecule has 36 heavy (non-hydrogen) atoms. The van der Waals surface area contributed by atoms with E-state index in [1.165, 1.54) is 0 Å². The first kappa shape index (κ1) is 33.1. The number of carbonyl (C=O) groups is 1. The van der Waals surface area contributed by atoms with E-state index in [1.807, 2.05) is 12.1 Å². The summed E-state index contributed by atoms with van der Waals surface area (Å²) in [6, 6.07) is 8.84. The molecule has 4 nitrogen and oxygen atoms in total. The summed E-state index contributed by atoms with van der Waals surface area (Å²) in [5.41, 5.74) is 0.171. The molecule has 1 atom stereocenters. The van der Waals surface area contributed by atoms with Crippen molar-refractivity contribution in [1.82, 2.24) is 0 Å². The second-order valence-electron chi connectivity index (χ2n) is 9.94. The van der Waals surface area contributed by atoms with Gasteiger partial charge in [-0.3, -0.25) is 4.79 Å². The molecule has 0 saturated heterocycles. The van der Waals surface area contributed by atoms with E-state index < -0.39 is 0 Å². The molecular weight excluding hydrogens is 509 g/mol. The number of halogens is 2. The van der Waals surface area contributed by atoms with Crippen LogP contribution in [0, 0.1) is 17.8 Å². The third-order valence-electron chi connectivity index (χ3n) is 5.34. The van der Waals surface area contributed by atoms with Crippen molar-refractivity contribution in [3.63, 3.8) is 0 Å². The second-order valence-corrected chi connectivity index (χ2v) is 12.0. The molecule has 0 aliphatic heterocycles. The van der Waals surface area contributed by atoms with Gasteiger partial charge in [-0.05, 0) is 57.7 Å². The molecule has 0 aliphatic rings. The Kier molecular flexibility index (Phi) is 15.5. The Hall–Kier alpha value is -0.883. The van der Waals surface area contributed by atoms with Gasteiger partial charge in [0.25, 0.3) is 0 Å².